The number of amides is 1. The molecule has 2 aromatic rings. The Morgan fingerprint density at radius 3 is 2.35 bits per heavy atom. The minimum absolute atomic E-state index is 0.0146. The second-order valence-electron chi connectivity index (χ2n) is 4.68. The summed E-state index contributed by atoms with van der Waals surface area (Å²) in [5.41, 5.74) is 3.69. The van der Waals surface area contributed by atoms with E-state index in [1.165, 1.54) is 5.56 Å². The number of nitrogens with one attached hydrogen (secondary N) is 1. The third-order valence-corrected chi connectivity index (χ3v) is 3.46. The standard InChI is InChI=1S/C17H20N2O/c1-4-13-9-11-14(12-10-13)19(3)17(20)15-7-5-6-8-16(15)18-2/h5-12,18H,4H2,1-3H3. The topological polar surface area (TPSA) is 32.3 Å². The maximum absolute atomic E-state index is 12.6. The van der Waals surface area contributed by atoms with Crippen LogP contribution in [0.2, 0.25) is 0 Å². The molecule has 0 bridgehead atoms. The molecule has 0 unspecified atom stereocenters. The van der Waals surface area contributed by atoms with E-state index in [0.29, 0.717) is 5.56 Å². The van der Waals surface area contributed by atoms with Gasteiger partial charge in [0.25, 0.3) is 5.91 Å². The summed E-state index contributed by atoms with van der Waals surface area (Å²) in [4.78, 5) is 14.2. The van der Waals surface area contributed by atoms with Crippen LogP contribution in [0.5, 0.6) is 0 Å². The quantitative estimate of drug-likeness (QED) is 0.919. The summed E-state index contributed by atoms with van der Waals surface area (Å²) >= 11 is 0. The van der Waals surface area contributed by atoms with Gasteiger partial charge < -0.3 is 10.2 Å². The van der Waals surface area contributed by atoms with Gasteiger partial charge in [0, 0.05) is 25.5 Å². The van der Waals surface area contributed by atoms with Crippen molar-refractivity contribution in [2.24, 2.45) is 0 Å². The van der Waals surface area contributed by atoms with E-state index in [4.69, 9.17) is 0 Å². The fourth-order valence-corrected chi connectivity index (χ4v) is 2.14. The van der Waals surface area contributed by atoms with E-state index in [1.54, 1.807) is 11.9 Å². The van der Waals surface area contributed by atoms with Crippen LogP contribution >= 0.6 is 0 Å². The van der Waals surface area contributed by atoms with Crippen molar-refractivity contribution >= 4 is 17.3 Å². The SMILES string of the molecule is CCc1ccc(N(C)C(=O)c2ccccc2NC)cc1. The van der Waals surface area contributed by atoms with Crippen LogP contribution in [0, 0.1) is 0 Å². The molecule has 2 rings (SSSR count). The Balaban J connectivity index is 2.27. The molecule has 104 valence electrons. The largest absolute Gasteiger partial charge is 0.387 e. The molecule has 0 aliphatic heterocycles. The Kier molecular flexibility index (Phi) is 4.41. The average Bonchev–Trinajstić information content (AvgIpc) is 2.53. The molecule has 20 heavy (non-hydrogen) atoms. The highest BCUT2D eigenvalue weighted by atomic mass is 16.2. The Labute approximate surface area is 120 Å². The van der Waals surface area contributed by atoms with Gasteiger partial charge in [0.05, 0.1) is 5.56 Å². The molecule has 0 atom stereocenters. The number of benzene rings is 2. The first kappa shape index (κ1) is 14.1. The number of hydrogen-bond acceptors (Lipinski definition) is 2. The van der Waals surface area contributed by atoms with E-state index in [-0.39, 0.29) is 5.91 Å². The maximum atomic E-state index is 12.6. The molecule has 0 aliphatic carbocycles. The smallest absolute Gasteiger partial charge is 0.260 e. The van der Waals surface area contributed by atoms with Gasteiger partial charge in [-0.1, -0.05) is 31.2 Å². The van der Waals surface area contributed by atoms with E-state index in [9.17, 15) is 4.79 Å². The highest BCUT2D eigenvalue weighted by molar-refractivity contribution is 6.09. The fourth-order valence-electron chi connectivity index (χ4n) is 2.14. The lowest BCUT2D eigenvalue weighted by atomic mass is 10.1. The monoisotopic (exact) mass is 268 g/mol. The van der Waals surface area contributed by atoms with E-state index < -0.39 is 0 Å². The fraction of sp³-hybridized carbons (Fsp3) is 0.235. The number of anilines is 2. The van der Waals surface area contributed by atoms with Crippen LogP contribution in [-0.4, -0.2) is 20.0 Å². The van der Waals surface area contributed by atoms with Crippen molar-refractivity contribution in [3.05, 3.63) is 59.7 Å². The van der Waals surface area contributed by atoms with Crippen molar-refractivity contribution in [1.29, 1.82) is 0 Å². The van der Waals surface area contributed by atoms with Gasteiger partial charge in [0.1, 0.15) is 0 Å². The second-order valence-corrected chi connectivity index (χ2v) is 4.68. The first-order valence-electron chi connectivity index (χ1n) is 6.81. The van der Waals surface area contributed by atoms with Gasteiger partial charge in [-0.25, -0.2) is 0 Å². The highest BCUT2D eigenvalue weighted by Crippen LogP contribution is 2.21. The Morgan fingerprint density at radius 1 is 1.10 bits per heavy atom. The summed E-state index contributed by atoms with van der Waals surface area (Å²) < 4.78 is 0. The van der Waals surface area contributed by atoms with Crippen LogP contribution in [0.25, 0.3) is 0 Å². The Bertz CT molecular complexity index is 590. The van der Waals surface area contributed by atoms with Gasteiger partial charge in [-0.05, 0) is 36.2 Å². The number of carbonyl (C=O) groups is 1. The maximum Gasteiger partial charge on any atom is 0.260 e. The van der Waals surface area contributed by atoms with Crippen LogP contribution in [-0.2, 0) is 6.42 Å². The predicted molar refractivity (Wildman–Crippen MR) is 84.5 cm³/mol. The summed E-state index contributed by atoms with van der Waals surface area (Å²) in [6, 6.07) is 15.6. The van der Waals surface area contributed by atoms with E-state index in [1.807, 2.05) is 43.4 Å². The first-order valence-corrected chi connectivity index (χ1v) is 6.81. The van der Waals surface area contributed by atoms with Crippen LogP contribution in [0.4, 0.5) is 11.4 Å². The lowest BCUT2D eigenvalue weighted by Gasteiger charge is -2.19. The molecule has 0 spiro atoms. The summed E-state index contributed by atoms with van der Waals surface area (Å²) in [5.74, 6) is -0.0146. The van der Waals surface area contributed by atoms with Gasteiger partial charge in [0.2, 0.25) is 0 Å². The molecular weight excluding hydrogens is 248 g/mol. The number of aryl methyl sites for hydroxylation is 1. The summed E-state index contributed by atoms with van der Waals surface area (Å²) in [7, 11) is 3.62. The number of para-hydroxylation sites is 1. The van der Waals surface area contributed by atoms with Crippen molar-refractivity contribution in [1.82, 2.24) is 0 Å². The van der Waals surface area contributed by atoms with Crippen LogP contribution in [0.1, 0.15) is 22.8 Å². The average molecular weight is 268 g/mol. The minimum Gasteiger partial charge on any atom is -0.387 e. The number of nitrogens with zero attached hydrogens (tertiary/aromatic N) is 1. The highest BCUT2D eigenvalue weighted by Gasteiger charge is 2.16. The van der Waals surface area contributed by atoms with E-state index in [0.717, 1.165) is 17.8 Å². The van der Waals surface area contributed by atoms with Gasteiger partial charge in [-0.15, -0.1) is 0 Å². The van der Waals surface area contributed by atoms with Gasteiger partial charge in [-0.2, -0.15) is 0 Å². The predicted octanol–water partition coefficient (Wildman–Crippen LogP) is 3.57. The normalized spacial score (nSPS) is 10.2. The van der Waals surface area contributed by atoms with Gasteiger partial charge >= 0.3 is 0 Å². The van der Waals surface area contributed by atoms with Crippen molar-refractivity contribution in [2.45, 2.75) is 13.3 Å². The lowest BCUT2D eigenvalue weighted by molar-refractivity contribution is 0.0994. The molecule has 0 radical (unpaired) electrons. The summed E-state index contributed by atoms with van der Waals surface area (Å²) in [6.07, 6.45) is 1.00. The van der Waals surface area contributed by atoms with Crippen molar-refractivity contribution in [3.63, 3.8) is 0 Å². The van der Waals surface area contributed by atoms with Crippen molar-refractivity contribution in [3.8, 4) is 0 Å². The third-order valence-electron chi connectivity index (χ3n) is 3.46. The molecule has 0 aliphatic rings. The van der Waals surface area contributed by atoms with Crippen molar-refractivity contribution < 1.29 is 4.79 Å². The molecule has 0 saturated heterocycles. The molecule has 0 heterocycles. The zero-order valence-electron chi connectivity index (χ0n) is 12.2. The Morgan fingerprint density at radius 2 is 1.75 bits per heavy atom. The first-order chi connectivity index (χ1) is 9.67. The minimum atomic E-state index is -0.0146. The lowest BCUT2D eigenvalue weighted by Crippen LogP contribution is -2.26. The summed E-state index contributed by atoms with van der Waals surface area (Å²) in [6.45, 7) is 2.12. The molecule has 2 aromatic carbocycles. The number of rotatable bonds is 4. The molecular formula is C17H20N2O. The summed E-state index contributed by atoms with van der Waals surface area (Å²) in [5, 5.41) is 3.05. The number of carbonyl (C=O) groups excluding carboxylic acids is 1. The van der Waals surface area contributed by atoms with Gasteiger partial charge in [0.15, 0.2) is 0 Å². The van der Waals surface area contributed by atoms with Crippen LogP contribution in [0.3, 0.4) is 0 Å². The zero-order valence-corrected chi connectivity index (χ0v) is 12.2. The molecule has 1 N–H and O–H groups in total. The van der Waals surface area contributed by atoms with Gasteiger partial charge in [-0.3, -0.25) is 4.79 Å². The molecule has 0 aromatic heterocycles. The van der Waals surface area contributed by atoms with Crippen LogP contribution < -0.4 is 10.2 Å². The number of hydrogen-bond donors (Lipinski definition) is 1. The third kappa shape index (κ3) is 2.82. The molecule has 0 fully saturated rings. The Hall–Kier alpha value is -2.29. The second kappa shape index (κ2) is 6.24. The molecule has 3 heteroatoms. The van der Waals surface area contributed by atoms with E-state index >= 15 is 0 Å². The molecule has 1 amide bonds. The zero-order chi connectivity index (χ0) is 14.5. The molecule has 0 saturated carbocycles. The van der Waals surface area contributed by atoms with E-state index in [2.05, 4.69) is 24.4 Å². The van der Waals surface area contributed by atoms with Crippen molar-refractivity contribution in [2.75, 3.05) is 24.3 Å². The van der Waals surface area contributed by atoms with Crippen LogP contribution in [0.15, 0.2) is 48.5 Å². The molecule has 3 nitrogen and oxygen atoms in total.